The fraction of sp³-hybridized carbons (Fsp3) is 0.192. The molecule has 1 atom stereocenters. The minimum atomic E-state index is -0.652. The smallest absolute Gasteiger partial charge is 0.252 e. The highest BCUT2D eigenvalue weighted by molar-refractivity contribution is 7.80. The number of nitrogens with one attached hydrogen (secondary N) is 1. The Balaban J connectivity index is 1.50. The van der Waals surface area contributed by atoms with Gasteiger partial charge in [0.25, 0.3) is 5.91 Å². The van der Waals surface area contributed by atoms with Gasteiger partial charge >= 0.3 is 0 Å². The van der Waals surface area contributed by atoms with Crippen LogP contribution in [-0.4, -0.2) is 39.3 Å². The number of amides is 2. The highest BCUT2D eigenvalue weighted by atomic mass is 35.5. The molecule has 3 aromatic carbocycles. The fourth-order valence-electron chi connectivity index (χ4n) is 3.86. The van der Waals surface area contributed by atoms with Gasteiger partial charge in [0.15, 0.2) is 5.11 Å². The first-order valence-corrected chi connectivity index (χ1v) is 11.5. The predicted octanol–water partition coefficient (Wildman–Crippen LogP) is 4.91. The van der Waals surface area contributed by atoms with Crippen LogP contribution in [0.1, 0.15) is 17.5 Å². The van der Waals surface area contributed by atoms with Gasteiger partial charge < -0.3 is 10.2 Å². The summed E-state index contributed by atoms with van der Waals surface area (Å²) in [6.45, 7) is 0.939. The van der Waals surface area contributed by atoms with Gasteiger partial charge in [-0.05, 0) is 54.0 Å². The zero-order valence-electron chi connectivity index (χ0n) is 18.0. The number of hydrogen-bond acceptors (Lipinski definition) is 3. The normalized spacial score (nSPS) is 15.7. The second-order valence-electron chi connectivity index (χ2n) is 7.90. The first kappa shape index (κ1) is 23.0. The van der Waals surface area contributed by atoms with Crippen molar-refractivity contribution in [3.8, 4) is 0 Å². The Morgan fingerprint density at radius 2 is 1.52 bits per heavy atom. The van der Waals surface area contributed by atoms with E-state index in [0.717, 1.165) is 11.1 Å². The molecule has 0 aromatic heterocycles. The van der Waals surface area contributed by atoms with Crippen LogP contribution in [0.4, 0.5) is 5.69 Å². The fourth-order valence-corrected chi connectivity index (χ4v) is 4.36. The molecular formula is C26H24ClN3O2S. The van der Waals surface area contributed by atoms with Crippen LogP contribution in [0.2, 0.25) is 5.02 Å². The number of thiocarbonyl (C=S) groups is 1. The highest BCUT2D eigenvalue weighted by Gasteiger charge is 2.43. The molecule has 1 saturated heterocycles. The van der Waals surface area contributed by atoms with Crippen LogP contribution in [-0.2, 0) is 22.6 Å². The van der Waals surface area contributed by atoms with E-state index in [2.05, 4.69) is 5.32 Å². The van der Waals surface area contributed by atoms with Crippen molar-refractivity contribution in [2.24, 2.45) is 0 Å². The lowest BCUT2D eigenvalue weighted by Crippen LogP contribution is -2.37. The van der Waals surface area contributed by atoms with Crippen LogP contribution >= 0.6 is 23.8 Å². The zero-order chi connectivity index (χ0) is 23.2. The Morgan fingerprint density at radius 1 is 0.909 bits per heavy atom. The van der Waals surface area contributed by atoms with Crippen molar-refractivity contribution in [1.29, 1.82) is 0 Å². The first-order valence-electron chi connectivity index (χ1n) is 10.8. The third kappa shape index (κ3) is 5.78. The first-order chi connectivity index (χ1) is 16.0. The second kappa shape index (κ2) is 10.6. The summed E-state index contributed by atoms with van der Waals surface area (Å²) in [5.41, 5.74) is 2.79. The molecule has 1 unspecified atom stereocenters. The van der Waals surface area contributed by atoms with Gasteiger partial charge in [0.05, 0.1) is 6.42 Å². The number of benzene rings is 3. The Labute approximate surface area is 204 Å². The van der Waals surface area contributed by atoms with Crippen molar-refractivity contribution in [2.45, 2.75) is 25.4 Å². The Kier molecular flexibility index (Phi) is 7.37. The van der Waals surface area contributed by atoms with Crippen molar-refractivity contribution in [3.05, 3.63) is 101 Å². The number of carbonyl (C=O) groups is 2. The Morgan fingerprint density at radius 3 is 2.15 bits per heavy atom. The van der Waals surface area contributed by atoms with Gasteiger partial charge in [0.1, 0.15) is 6.04 Å². The zero-order valence-corrected chi connectivity index (χ0v) is 19.6. The average Bonchev–Trinajstić information content (AvgIpc) is 3.04. The minimum Gasteiger partial charge on any atom is -0.332 e. The van der Waals surface area contributed by atoms with Gasteiger partial charge in [0.2, 0.25) is 5.91 Å². The largest absolute Gasteiger partial charge is 0.332 e. The van der Waals surface area contributed by atoms with E-state index < -0.39 is 6.04 Å². The molecular weight excluding hydrogens is 454 g/mol. The SMILES string of the molecule is O=C(CC1C(=O)N(CCc2ccccc2)C(=S)N1Cc1ccccc1)Nc1ccc(Cl)cc1. The molecule has 1 aliphatic heterocycles. The number of hydrogen-bond donors (Lipinski definition) is 1. The molecule has 4 rings (SSSR count). The summed E-state index contributed by atoms with van der Waals surface area (Å²) < 4.78 is 0. The maximum Gasteiger partial charge on any atom is 0.252 e. The topological polar surface area (TPSA) is 52.7 Å². The van der Waals surface area contributed by atoms with Crippen LogP contribution < -0.4 is 5.32 Å². The van der Waals surface area contributed by atoms with Crippen molar-refractivity contribution in [2.75, 3.05) is 11.9 Å². The summed E-state index contributed by atoms with van der Waals surface area (Å²) in [7, 11) is 0. The van der Waals surface area contributed by atoms with E-state index in [-0.39, 0.29) is 18.2 Å². The maximum absolute atomic E-state index is 13.4. The molecule has 1 heterocycles. The molecule has 168 valence electrons. The Hall–Kier alpha value is -3.22. The third-order valence-electron chi connectivity index (χ3n) is 5.57. The van der Waals surface area contributed by atoms with Crippen LogP contribution in [0.3, 0.4) is 0 Å². The molecule has 5 nitrogen and oxygen atoms in total. The number of halogens is 1. The second-order valence-corrected chi connectivity index (χ2v) is 8.70. The molecule has 3 aromatic rings. The number of nitrogens with zero attached hydrogens (tertiary/aromatic N) is 2. The van der Waals surface area contributed by atoms with E-state index in [1.165, 1.54) is 0 Å². The van der Waals surface area contributed by atoms with Crippen LogP contribution in [0, 0.1) is 0 Å². The lowest BCUT2D eigenvalue weighted by Gasteiger charge is -2.24. The molecule has 1 N–H and O–H groups in total. The van der Waals surface area contributed by atoms with E-state index in [1.807, 2.05) is 65.6 Å². The molecule has 0 spiro atoms. The van der Waals surface area contributed by atoms with Crippen molar-refractivity contribution < 1.29 is 9.59 Å². The lowest BCUT2D eigenvalue weighted by atomic mass is 10.1. The summed E-state index contributed by atoms with van der Waals surface area (Å²) in [6.07, 6.45) is 0.700. The van der Waals surface area contributed by atoms with E-state index in [0.29, 0.717) is 35.3 Å². The van der Waals surface area contributed by atoms with Gasteiger partial charge in [-0.1, -0.05) is 72.3 Å². The van der Waals surface area contributed by atoms with Crippen molar-refractivity contribution >= 4 is 46.4 Å². The van der Waals surface area contributed by atoms with Gasteiger partial charge in [-0.25, -0.2) is 0 Å². The standard InChI is InChI=1S/C26H24ClN3O2S/c27-21-11-13-22(14-12-21)28-24(31)17-23-25(32)29(16-15-19-7-3-1-4-8-19)26(33)30(23)18-20-9-5-2-6-10-20/h1-14,23H,15-18H2,(H,28,31). The molecule has 1 aliphatic rings. The van der Waals surface area contributed by atoms with Crippen LogP contribution in [0.25, 0.3) is 0 Å². The van der Waals surface area contributed by atoms with Crippen molar-refractivity contribution in [3.63, 3.8) is 0 Å². The van der Waals surface area contributed by atoms with Crippen LogP contribution in [0.5, 0.6) is 0 Å². The van der Waals surface area contributed by atoms with E-state index in [1.54, 1.807) is 29.2 Å². The molecule has 0 saturated carbocycles. The summed E-state index contributed by atoms with van der Waals surface area (Å²) in [4.78, 5) is 29.7. The van der Waals surface area contributed by atoms with Gasteiger partial charge in [-0.2, -0.15) is 0 Å². The number of rotatable bonds is 8. The maximum atomic E-state index is 13.4. The van der Waals surface area contributed by atoms with Gasteiger partial charge in [-0.3, -0.25) is 14.5 Å². The molecule has 2 amide bonds. The highest BCUT2D eigenvalue weighted by Crippen LogP contribution is 2.24. The van der Waals surface area contributed by atoms with Gasteiger partial charge in [-0.15, -0.1) is 0 Å². The summed E-state index contributed by atoms with van der Waals surface area (Å²) in [5, 5.41) is 3.90. The molecule has 0 radical (unpaired) electrons. The van der Waals surface area contributed by atoms with E-state index in [9.17, 15) is 9.59 Å². The summed E-state index contributed by atoms with van der Waals surface area (Å²) in [5.74, 6) is -0.389. The molecule has 0 aliphatic carbocycles. The minimum absolute atomic E-state index is 0.0102. The molecule has 1 fully saturated rings. The molecule has 7 heteroatoms. The summed E-state index contributed by atoms with van der Waals surface area (Å²) >= 11 is 11.6. The quantitative estimate of drug-likeness (QED) is 0.468. The lowest BCUT2D eigenvalue weighted by molar-refractivity contribution is -0.130. The predicted molar refractivity (Wildman–Crippen MR) is 135 cm³/mol. The van der Waals surface area contributed by atoms with E-state index >= 15 is 0 Å². The Bertz CT molecular complexity index is 1120. The molecule has 0 bridgehead atoms. The van der Waals surface area contributed by atoms with Gasteiger partial charge in [0, 0.05) is 23.8 Å². The number of anilines is 1. The van der Waals surface area contributed by atoms with Crippen molar-refractivity contribution in [1.82, 2.24) is 9.80 Å². The average molecular weight is 478 g/mol. The molecule has 33 heavy (non-hydrogen) atoms. The number of carbonyl (C=O) groups excluding carboxylic acids is 2. The monoisotopic (exact) mass is 477 g/mol. The third-order valence-corrected chi connectivity index (χ3v) is 6.28. The van der Waals surface area contributed by atoms with Crippen LogP contribution in [0.15, 0.2) is 84.9 Å². The van der Waals surface area contributed by atoms with E-state index in [4.69, 9.17) is 23.8 Å². The summed E-state index contributed by atoms with van der Waals surface area (Å²) in [6, 6.07) is 26.0.